The third-order valence-electron chi connectivity index (χ3n) is 15.2. The molecule has 0 rings (SSSR count). The molecule has 504 valence electrons. The zero-order valence-corrected chi connectivity index (χ0v) is 56.7. The van der Waals surface area contributed by atoms with Crippen LogP contribution in [0.2, 0.25) is 0 Å². The molecule has 19 heteroatoms. The summed E-state index contributed by atoms with van der Waals surface area (Å²) in [5.41, 5.74) is 0. The molecule has 3 N–H and O–H groups in total. The van der Waals surface area contributed by atoms with Gasteiger partial charge in [-0.2, -0.15) is 0 Å². The van der Waals surface area contributed by atoms with Crippen LogP contribution in [0.25, 0.3) is 0 Å². The van der Waals surface area contributed by atoms with E-state index in [4.69, 9.17) is 37.0 Å². The van der Waals surface area contributed by atoms with Crippen LogP contribution in [-0.2, 0) is 65.4 Å². The van der Waals surface area contributed by atoms with Crippen molar-refractivity contribution in [1.82, 2.24) is 0 Å². The lowest BCUT2D eigenvalue weighted by molar-refractivity contribution is -0.161. The highest BCUT2D eigenvalue weighted by atomic mass is 31.2. The van der Waals surface area contributed by atoms with Crippen LogP contribution in [0.5, 0.6) is 0 Å². The first-order valence-corrected chi connectivity index (χ1v) is 37.5. The Balaban J connectivity index is 5.24. The van der Waals surface area contributed by atoms with Crippen LogP contribution in [0, 0.1) is 11.8 Å². The van der Waals surface area contributed by atoms with E-state index >= 15 is 0 Å². The van der Waals surface area contributed by atoms with E-state index in [0.29, 0.717) is 31.6 Å². The second-order valence-electron chi connectivity index (χ2n) is 24.8. The minimum Gasteiger partial charge on any atom is -0.462 e. The maximum Gasteiger partial charge on any atom is 0.472 e. The maximum atomic E-state index is 13.0. The van der Waals surface area contributed by atoms with E-state index in [2.05, 4.69) is 41.5 Å². The van der Waals surface area contributed by atoms with Gasteiger partial charge in [-0.15, -0.1) is 0 Å². The van der Waals surface area contributed by atoms with E-state index in [-0.39, 0.29) is 25.7 Å². The van der Waals surface area contributed by atoms with Gasteiger partial charge in [-0.1, -0.05) is 279 Å². The molecule has 17 nitrogen and oxygen atoms in total. The van der Waals surface area contributed by atoms with Crippen molar-refractivity contribution in [3.8, 4) is 0 Å². The van der Waals surface area contributed by atoms with Crippen molar-refractivity contribution in [1.29, 1.82) is 0 Å². The fraction of sp³-hybridized carbons (Fsp3) is 0.939. The van der Waals surface area contributed by atoms with Gasteiger partial charge in [0, 0.05) is 25.7 Å². The minimum absolute atomic E-state index is 0.103. The highest BCUT2D eigenvalue weighted by Crippen LogP contribution is 2.45. The van der Waals surface area contributed by atoms with Crippen LogP contribution in [0.1, 0.15) is 330 Å². The topological polar surface area (TPSA) is 237 Å². The molecule has 85 heavy (non-hydrogen) atoms. The second kappa shape index (κ2) is 58.4. The number of phosphoric acid groups is 2. The quantitative estimate of drug-likeness (QED) is 0.0222. The number of aliphatic hydroxyl groups is 1. The molecule has 0 aromatic rings. The van der Waals surface area contributed by atoms with Gasteiger partial charge in [-0.05, 0) is 37.5 Å². The zero-order valence-electron chi connectivity index (χ0n) is 54.9. The monoisotopic (exact) mass is 1250 g/mol. The number of carbonyl (C=O) groups is 4. The van der Waals surface area contributed by atoms with Gasteiger partial charge in [0.2, 0.25) is 0 Å². The van der Waals surface area contributed by atoms with Crippen molar-refractivity contribution in [2.24, 2.45) is 11.8 Å². The number of esters is 4. The Morgan fingerprint density at radius 3 is 0.800 bits per heavy atom. The summed E-state index contributed by atoms with van der Waals surface area (Å²) in [4.78, 5) is 72.3. The van der Waals surface area contributed by atoms with Gasteiger partial charge < -0.3 is 33.8 Å². The summed E-state index contributed by atoms with van der Waals surface area (Å²) in [6.45, 7) is 9.43. The predicted molar refractivity (Wildman–Crippen MR) is 340 cm³/mol. The lowest BCUT2D eigenvalue weighted by Crippen LogP contribution is -2.30. The molecule has 0 amide bonds. The van der Waals surface area contributed by atoms with Gasteiger partial charge in [0.05, 0.1) is 26.4 Å². The molecule has 0 aromatic carbocycles. The summed E-state index contributed by atoms with van der Waals surface area (Å²) in [5.74, 6) is -0.691. The van der Waals surface area contributed by atoms with Crippen molar-refractivity contribution in [2.75, 3.05) is 39.6 Å². The summed E-state index contributed by atoms with van der Waals surface area (Å²) < 4.78 is 68.1. The first kappa shape index (κ1) is 83.1. The highest BCUT2D eigenvalue weighted by molar-refractivity contribution is 7.47. The Bertz CT molecular complexity index is 1670. The zero-order chi connectivity index (χ0) is 62.9. The van der Waals surface area contributed by atoms with E-state index in [1.54, 1.807) is 0 Å². The first-order chi connectivity index (χ1) is 40.9. The lowest BCUT2D eigenvalue weighted by atomic mass is 10.0. The van der Waals surface area contributed by atoms with Gasteiger partial charge in [0.15, 0.2) is 12.2 Å². The van der Waals surface area contributed by atoms with Crippen LogP contribution in [0.4, 0.5) is 0 Å². The molecule has 0 fully saturated rings. The van der Waals surface area contributed by atoms with Gasteiger partial charge >= 0.3 is 39.5 Å². The molecule has 0 spiro atoms. The molecule has 2 unspecified atom stereocenters. The molecule has 0 bridgehead atoms. The Morgan fingerprint density at radius 2 is 0.541 bits per heavy atom. The van der Waals surface area contributed by atoms with Gasteiger partial charge in [0.25, 0.3) is 0 Å². The highest BCUT2D eigenvalue weighted by Gasteiger charge is 2.30. The SMILES string of the molecule is CCCCCCCCCCCCCCCC(=O)O[C@H](COC(=O)CCCCCCCCCCCC(C)C)COP(=O)(O)OC[C@@H](O)COP(=O)(O)OC[C@@H](COC(=O)CCCCCCCCCCCC)OC(=O)CCCCCCCCCC(C)C. The first-order valence-electron chi connectivity index (χ1n) is 34.5. The van der Waals surface area contributed by atoms with Crippen molar-refractivity contribution in [2.45, 2.75) is 349 Å². The number of carbonyl (C=O) groups excluding carboxylic acids is 4. The average Bonchev–Trinajstić information content (AvgIpc) is 3.54. The Kier molecular flexibility index (Phi) is 57.1. The van der Waals surface area contributed by atoms with E-state index in [1.807, 2.05) is 0 Å². The molecule has 0 saturated carbocycles. The molecular formula is C66H128O17P2. The van der Waals surface area contributed by atoms with Crippen molar-refractivity contribution in [3.63, 3.8) is 0 Å². The molecule has 0 aliphatic carbocycles. The summed E-state index contributed by atoms with van der Waals surface area (Å²) in [6.07, 6.45) is 41.7. The Hall–Kier alpha value is -1.94. The van der Waals surface area contributed by atoms with Gasteiger partial charge in [-0.25, -0.2) is 9.13 Å². The van der Waals surface area contributed by atoms with E-state index in [0.717, 1.165) is 95.8 Å². The minimum atomic E-state index is -4.95. The number of ether oxygens (including phenoxy) is 4. The summed E-state index contributed by atoms with van der Waals surface area (Å²) in [5, 5.41) is 10.5. The summed E-state index contributed by atoms with van der Waals surface area (Å²) >= 11 is 0. The van der Waals surface area contributed by atoms with Crippen LogP contribution in [0.3, 0.4) is 0 Å². The third kappa shape index (κ3) is 60.7. The van der Waals surface area contributed by atoms with Crippen molar-refractivity contribution >= 4 is 39.5 Å². The second-order valence-corrected chi connectivity index (χ2v) is 27.7. The van der Waals surface area contributed by atoms with Crippen LogP contribution < -0.4 is 0 Å². The van der Waals surface area contributed by atoms with Crippen molar-refractivity contribution < 1.29 is 80.2 Å². The van der Waals surface area contributed by atoms with Crippen LogP contribution >= 0.6 is 15.6 Å². The predicted octanol–water partition coefficient (Wildman–Crippen LogP) is 18.4. The van der Waals surface area contributed by atoms with Crippen LogP contribution in [0.15, 0.2) is 0 Å². The number of hydrogen-bond donors (Lipinski definition) is 3. The largest absolute Gasteiger partial charge is 0.472 e. The molecule has 0 aromatic heterocycles. The number of aliphatic hydroxyl groups excluding tert-OH is 1. The number of unbranched alkanes of at least 4 members (excludes halogenated alkanes) is 35. The standard InChI is InChI=1S/C66H128O17P2/c1-7-9-11-13-15-17-19-20-21-25-32-38-44-50-65(70)82-61(54-77-64(69)49-43-37-31-26-22-23-28-34-40-46-58(3)4)56-80-84(72,73)78-52-60(67)53-79-85(74,75)81-57-62(83-66(71)51-45-39-33-27-29-35-41-47-59(5)6)55-76-63(68)48-42-36-30-24-18-16-14-12-10-8-2/h58-62,67H,7-57H2,1-6H3,(H,72,73)(H,74,75)/t60-,61-,62-/m1/s1. The van der Waals surface area contributed by atoms with Gasteiger partial charge in [-0.3, -0.25) is 37.3 Å². The Labute approximate surface area is 517 Å². The number of rotatable bonds is 65. The fourth-order valence-electron chi connectivity index (χ4n) is 9.88. The number of hydrogen-bond acceptors (Lipinski definition) is 15. The van der Waals surface area contributed by atoms with E-state index in [9.17, 15) is 43.2 Å². The molecule has 0 aliphatic heterocycles. The van der Waals surface area contributed by atoms with E-state index in [1.165, 1.54) is 148 Å². The average molecular weight is 1260 g/mol. The third-order valence-corrected chi connectivity index (χ3v) is 17.1. The summed E-state index contributed by atoms with van der Waals surface area (Å²) in [6, 6.07) is 0. The summed E-state index contributed by atoms with van der Waals surface area (Å²) in [7, 11) is -9.89. The number of phosphoric ester groups is 2. The van der Waals surface area contributed by atoms with Gasteiger partial charge in [0.1, 0.15) is 19.3 Å². The van der Waals surface area contributed by atoms with E-state index < -0.39 is 97.5 Å². The molecule has 0 aliphatic rings. The molecule has 0 heterocycles. The lowest BCUT2D eigenvalue weighted by Gasteiger charge is -2.21. The molecular weight excluding hydrogens is 1130 g/mol. The fourth-order valence-corrected chi connectivity index (χ4v) is 11.5. The normalized spacial score (nSPS) is 14.2. The van der Waals surface area contributed by atoms with Crippen molar-refractivity contribution in [3.05, 3.63) is 0 Å². The molecule has 5 atom stereocenters. The molecule has 0 radical (unpaired) electrons. The smallest absolute Gasteiger partial charge is 0.462 e. The molecule has 0 saturated heterocycles. The maximum absolute atomic E-state index is 13.0. The Morgan fingerprint density at radius 1 is 0.318 bits per heavy atom. The van der Waals surface area contributed by atoms with Crippen LogP contribution in [-0.4, -0.2) is 96.7 Å².